The van der Waals surface area contributed by atoms with Crippen LogP contribution in [0.4, 0.5) is 0 Å². The maximum atomic E-state index is 12.0. The third-order valence-corrected chi connectivity index (χ3v) is 3.20. The van der Waals surface area contributed by atoms with Crippen LogP contribution in [0.2, 0.25) is 0 Å². The average Bonchev–Trinajstić information content (AvgIpc) is 2.44. The Morgan fingerprint density at radius 1 is 1.15 bits per heavy atom. The van der Waals surface area contributed by atoms with Crippen molar-refractivity contribution in [2.75, 3.05) is 19.6 Å². The zero-order chi connectivity index (χ0) is 15.1. The smallest absolute Gasteiger partial charge is 0.335 e. The molecule has 0 saturated carbocycles. The van der Waals surface area contributed by atoms with Gasteiger partial charge in [0.15, 0.2) is 0 Å². The molecule has 20 heavy (non-hydrogen) atoms. The van der Waals surface area contributed by atoms with Crippen molar-refractivity contribution in [3.63, 3.8) is 0 Å². The van der Waals surface area contributed by atoms with Gasteiger partial charge in [-0.25, -0.2) is 4.79 Å². The highest BCUT2D eigenvalue weighted by Crippen LogP contribution is 2.05. The summed E-state index contributed by atoms with van der Waals surface area (Å²) in [5, 5.41) is 11.7. The van der Waals surface area contributed by atoms with Gasteiger partial charge in [-0.05, 0) is 44.3 Å². The Kier molecular flexibility index (Phi) is 6.18. The topological polar surface area (TPSA) is 69.6 Å². The van der Waals surface area contributed by atoms with Crippen LogP contribution in [0, 0.1) is 0 Å². The number of carbonyl (C=O) groups is 2. The number of rotatable bonds is 7. The number of carbonyl (C=O) groups excluding carboxylic acids is 1. The van der Waals surface area contributed by atoms with Crippen molar-refractivity contribution in [3.8, 4) is 0 Å². The molecule has 2 N–H and O–H groups in total. The Morgan fingerprint density at radius 3 is 2.10 bits per heavy atom. The number of nitrogens with one attached hydrogen (secondary N) is 1. The van der Waals surface area contributed by atoms with Crippen LogP contribution in [0.25, 0.3) is 0 Å². The Labute approximate surface area is 119 Å². The van der Waals surface area contributed by atoms with Gasteiger partial charge in [0.05, 0.1) is 5.56 Å². The maximum absolute atomic E-state index is 12.0. The summed E-state index contributed by atoms with van der Waals surface area (Å²) in [6, 6.07) is 5.98. The molecular weight excluding hydrogens is 256 g/mol. The Hall–Kier alpha value is -1.88. The number of benzene rings is 1. The van der Waals surface area contributed by atoms with E-state index < -0.39 is 5.97 Å². The van der Waals surface area contributed by atoms with Gasteiger partial charge in [-0.2, -0.15) is 0 Å². The summed E-state index contributed by atoms with van der Waals surface area (Å²) in [6.07, 6.45) is 0. The third-order valence-electron chi connectivity index (χ3n) is 3.20. The van der Waals surface area contributed by atoms with Gasteiger partial charge in [0.25, 0.3) is 5.91 Å². The summed E-state index contributed by atoms with van der Waals surface area (Å²) >= 11 is 0. The largest absolute Gasteiger partial charge is 0.478 e. The molecule has 0 radical (unpaired) electrons. The normalized spacial score (nSPS) is 12.2. The minimum Gasteiger partial charge on any atom is -0.478 e. The van der Waals surface area contributed by atoms with Gasteiger partial charge in [0, 0.05) is 18.2 Å². The van der Waals surface area contributed by atoms with Crippen LogP contribution in [0.15, 0.2) is 24.3 Å². The van der Waals surface area contributed by atoms with Crippen molar-refractivity contribution in [2.45, 2.75) is 26.8 Å². The Morgan fingerprint density at radius 2 is 1.65 bits per heavy atom. The first-order valence-electron chi connectivity index (χ1n) is 6.84. The lowest BCUT2D eigenvalue weighted by Gasteiger charge is -2.23. The molecule has 0 heterocycles. The predicted octanol–water partition coefficient (Wildman–Crippen LogP) is 1.84. The van der Waals surface area contributed by atoms with Crippen molar-refractivity contribution in [1.29, 1.82) is 0 Å². The van der Waals surface area contributed by atoms with Gasteiger partial charge in [-0.3, -0.25) is 4.79 Å². The van der Waals surface area contributed by atoms with Gasteiger partial charge < -0.3 is 15.3 Å². The van der Waals surface area contributed by atoms with Gasteiger partial charge >= 0.3 is 5.97 Å². The molecule has 0 fully saturated rings. The van der Waals surface area contributed by atoms with E-state index in [0.717, 1.165) is 19.6 Å². The molecule has 1 amide bonds. The zero-order valence-electron chi connectivity index (χ0n) is 12.2. The lowest BCUT2D eigenvalue weighted by atomic mass is 10.1. The van der Waals surface area contributed by atoms with E-state index in [4.69, 9.17) is 5.11 Å². The molecule has 110 valence electrons. The molecule has 0 saturated heterocycles. The number of likely N-dealkylation sites (N-methyl/N-ethyl adjacent to an activating group) is 1. The molecule has 0 aliphatic heterocycles. The molecule has 5 nitrogen and oxygen atoms in total. The summed E-state index contributed by atoms with van der Waals surface area (Å²) in [5.41, 5.74) is 0.652. The quantitative estimate of drug-likeness (QED) is 0.798. The highest BCUT2D eigenvalue weighted by atomic mass is 16.4. The first-order valence-corrected chi connectivity index (χ1v) is 6.84. The highest BCUT2D eigenvalue weighted by Gasteiger charge is 2.12. The van der Waals surface area contributed by atoms with Crippen LogP contribution in [0.5, 0.6) is 0 Å². The van der Waals surface area contributed by atoms with Crippen LogP contribution >= 0.6 is 0 Å². The fourth-order valence-corrected chi connectivity index (χ4v) is 1.99. The van der Waals surface area contributed by atoms with E-state index in [-0.39, 0.29) is 17.5 Å². The van der Waals surface area contributed by atoms with Crippen molar-refractivity contribution < 1.29 is 14.7 Å². The second kappa shape index (κ2) is 7.65. The molecule has 0 aliphatic rings. The minimum atomic E-state index is -0.994. The highest BCUT2D eigenvalue weighted by molar-refractivity contribution is 5.96. The second-order valence-corrected chi connectivity index (χ2v) is 4.74. The van der Waals surface area contributed by atoms with E-state index in [1.54, 1.807) is 0 Å². The van der Waals surface area contributed by atoms with Gasteiger partial charge in [-0.15, -0.1) is 0 Å². The molecule has 0 aromatic heterocycles. The summed E-state index contributed by atoms with van der Waals surface area (Å²) in [4.78, 5) is 25.0. The number of hydrogen-bond acceptors (Lipinski definition) is 3. The lowest BCUT2D eigenvalue weighted by Crippen LogP contribution is -2.41. The Bertz CT molecular complexity index is 453. The van der Waals surface area contributed by atoms with Crippen LogP contribution in [0.1, 0.15) is 41.5 Å². The van der Waals surface area contributed by atoms with Crippen molar-refractivity contribution in [2.24, 2.45) is 0 Å². The third kappa shape index (κ3) is 4.66. The van der Waals surface area contributed by atoms with E-state index in [1.807, 2.05) is 6.92 Å². The van der Waals surface area contributed by atoms with E-state index in [1.165, 1.54) is 24.3 Å². The number of carboxylic acid groups (broad SMARTS) is 1. The second-order valence-electron chi connectivity index (χ2n) is 4.74. The molecule has 0 spiro atoms. The fraction of sp³-hybridized carbons (Fsp3) is 0.467. The molecule has 5 heteroatoms. The van der Waals surface area contributed by atoms with Gasteiger partial charge in [0.2, 0.25) is 0 Å². The first-order chi connectivity index (χ1) is 9.47. The molecule has 1 aromatic carbocycles. The monoisotopic (exact) mass is 278 g/mol. The molecule has 1 aromatic rings. The minimum absolute atomic E-state index is 0.0431. The number of nitrogens with zero attached hydrogens (tertiary/aromatic N) is 1. The van der Waals surface area contributed by atoms with Crippen molar-refractivity contribution in [1.82, 2.24) is 10.2 Å². The molecule has 0 aliphatic carbocycles. The summed E-state index contributed by atoms with van der Waals surface area (Å²) < 4.78 is 0. The molecular formula is C15H22N2O3. The summed E-state index contributed by atoms with van der Waals surface area (Å²) in [6.45, 7) is 8.83. The molecule has 1 unspecified atom stereocenters. The van der Waals surface area contributed by atoms with Crippen molar-refractivity contribution >= 4 is 11.9 Å². The number of carboxylic acids is 1. The standard InChI is InChI=1S/C15H22N2O3/c1-4-17(5-2)10-11(3)16-14(18)12-6-8-13(9-7-12)15(19)20/h6-9,11H,4-5,10H2,1-3H3,(H,16,18)(H,19,20). The van der Waals surface area contributed by atoms with Crippen LogP contribution < -0.4 is 5.32 Å². The lowest BCUT2D eigenvalue weighted by molar-refractivity contribution is 0.0696. The summed E-state index contributed by atoms with van der Waals surface area (Å²) in [5.74, 6) is -1.17. The van der Waals surface area contributed by atoms with Gasteiger partial charge in [-0.1, -0.05) is 13.8 Å². The van der Waals surface area contributed by atoms with Gasteiger partial charge in [0.1, 0.15) is 0 Å². The predicted molar refractivity (Wildman–Crippen MR) is 78.1 cm³/mol. The number of amides is 1. The SMILES string of the molecule is CCN(CC)CC(C)NC(=O)c1ccc(C(=O)O)cc1. The summed E-state index contributed by atoms with van der Waals surface area (Å²) in [7, 11) is 0. The average molecular weight is 278 g/mol. The fourth-order valence-electron chi connectivity index (χ4n) is 1.99. The number of hydrogen-bond donors (Lipinski definition) is 2. The van der Waals surface area contributed by atoms with E-state index in [9.17, 15) is 9.59 Å². The van der Waals surface area contributed by atoms with E-state index >= 15 is 0 Å². The van der Waals surface area contributed by atoms with E-state index in [2.05, 4.69) is 24.1 Å². The van der Waals surface area contributed by atoms with Crippen LogP contribution in [-0.4, -0.2) is 47.6 Å². The van der Waals surface area contributed by atoms with Crippen LogP contribution in [0.3, 0.4) is 0 Å². The maximum Gasteiger partial charge on any atom is 0.335 e. The first kappa shape index (κ1) is 16.2. The zero-order valence-corrected chi connectivity index (χ0v) is 12.2. The number of aromatic carboxylic acids is 1. The molecule has 1 rings (SSSR count). The molecule has 0 bridgehead atoms. The van der Waals surface area contributed by atoms with Crippen LogP contribution in [-0.2, 0) is 0 Å². The van der Waals surface area contributed by atoms with E-state index in [0.29, 0.717) is 5.56 Å². The Balaban J connectivity index is 2.59. The molecule has 1 atom stereocenters. The van der Waals surface area contributed by atoms with Crippen molar-refractivity contribution in [3.05, 3.63) is 35.4 Å².